The summed E-state index contributed by atoms with van der Waals surface area (Å²) in [4.78, 5) is 13.5. The third kappa shape index (κ3) is 1.90. The van der Waals surface area contributed by atoms with Gasteiger partial charge in [-0.15, -0.1) is 0 Å². The second-order valence-electron chi connectivity index (χ2n) is 3.09. The summed E-state index contributed by atoms with van der Waals surface area (Å²) in [6.45, 7) is 0.758. The third-order valence-electron chi connectivity index (χ3n) is 1.97. The summed E-state index contributed by atoms with van der Waals surface area (Å²) in [6, 6.07) is 5.90. The van der Waals surface area contributed by atoms with Gasteiger partial charge in [0.25, 0.3) is 0 Å². The van der Waals surface area contributed by atoms with Crippen LogP contribution in [0.3, 0.4) is 0 Å². The minimum Gasteiger partial charge on any atom is -0.340 e. The Morgan fingerprint density at radius 2 is 2.21 bits per heavy atom. The van der Waals surface area contributed by atoms with Crippen LogP contribution in [0.4, 0.5) is 5.95 Å². The number of hydrogen-bond acceptors (Lipinski definition) is 3. The van der Waals surface area contributed by atoms with Crippen molar-refractivity contribution in [2.24, 2.45) is 0 Å². The molecule has 0 aliphatic carbocycles. The zero-order chi connectivity index (χ0) is 9.80. The molecule has 4 nitrogen and oxygen atoms in total. The number of nitrogens with one attached hydrogen (secondary N) is 1. The lowest BCUT2D eigenvalue weighted by molar-refractivity contribution is 0.853. The van der Waals surface area contributed by atoms with Gasteiger partial charge in [0.2, 0.25) is 5.95 Å². The summed E-state index contributed by atoms with van der Waals surface area (Å²) < 4.78 is 0. The first-order valence-electron chi connectivity index (χ1n) is 4.46. The standard InChI is InChI=1S/C10H12N4/c1-14(10-12-6-7-13-10)8-9-4-2-3-5-11-9/h2-7H,8H2,1H3,(H,12,13). The predicted octanol–water partition coefficient (Wildman–Crippen LogP) is 1.44. The molecule has 2 aromatic rings. The summed E-state index contributed by atoms with van der Waals surface area (Å²) in [5, 5.41) is 0. The molecule has 2 rings (SSSR count). The molecule has 4 heteroatoms. The van der Waals surface area contributed by atoms with E-state index < -0.39 is 0 Å². The second kappa shape index (κ2) is 3.91. The summed E-state index contributed by atoms with van der Waals surface area (Å²) in [5.74, 6) is 0.857. The molecule has 72 valence electrons. The monoisotopic (exact) mass is 188 g/mol. The Morgan fingerprint density at radius 1 is 1.29 bits per heavy atom. The zero-order valence-corrected chi connectivity index (χ0v) is 8.01. The minimum atomic E-state index is 0.758. The molecular formula is C10H12N4. The van der Waals surface area contributed by atoms with Crippen LogP contribution in [-0.4, -0.2) is 22.0 Å². The van der Waals surface area contributed by atoms with Crippen LogP contribution in [0.2, 0.25) is 0 Å². The molecule has 0 aliphatic heterocycles. The maximum atomic E-state index is 4.25. The number of aromatic nitrogens is 3. The van der Waals surface area contributed by atoms with E-state index in [9.17, 15) is 0 Å². The Kier molecular flexibility index (Phi) is 2.44. The Bertz CT molecular complexity index is 368. The lowest BCUT2D eigenvalue weighted by Crippen LogP contribution is -2.18. The third-order valence-corrected chi connectivity index (χ3v) is 1.97. The minimum absolute atomic E-state index is 0.758. The van der Waals surface area contributed by atoms with Crippen molar-refractivity contribution in [3.8, 4) is 0 Å². The van der Waals surface area contributed by atoms with Crippen LogP contribution in [0.15, 0.2) is 36.8 Å². The van der Waals surface area contributed by atoms with E-state index in [2.05, 4.69) is 15.0 Å². The fourth-order valence-electron chi connectivity index (χ4n) is 1.28. The van der Waals surface area contributed by atoms with Crippen molar-refractivity contribution >= 4 is 5.95 Å². The van der Waals surface area contributed by atoms with E-state index in [4.69, 9.17) is 0 Å². The number of anilines is 1. The van der Waals surface area contributed by atoms with E-state index in [-0.39, 0.29) is 0 Å². The van der Waals surface area contributed by atoms with E-state index in [0.717, 1.165) is 18.2 Å². The van der Waals surface area contributed by atoms with Crippen LogP contribution in [-0.2, 0) is 6.54 Å². The van der Waals surface area contributed by atoms with Crippen molar-refractivity contribution in [3.63, 3.8) is 0 Å². The number of H-pyrrole nitrogens is 1. The van der Waals surface area contributed by atoms with Gasteiger partial charge < -0.3 is 9.88 Å². The van der Waals surface area contributed by atoms with E-state index in [1.54, 1.807) is 12.4 Å². The molecule has 0 unspecified atom stereocenters. The molecular weight excluding hydrogens is 176 g/mol. The van der Waals surface area contributed by atoms with Gasteiger partial charge in [-0.3, -0.25) is 4.98 Å². The molecule has 2 heterocycles. The van der Waals surface area contributed by atoms with Gasteiger partial charge in [-0.2, -0.15) is 0 Å². The van der Waals surface area contributed by atoms with Crippen LogP contribution >= 0.6 is 0 Å². The Labute approximate surface area is 82.6 Å². The summed E-state index contributed by atoms with van der Waals surface area (Å²) in [6.07, 6.45) is 5.35. The molecule has 0 fully saturated rings. The molecule has 0 bridgehead atoms. The van der Waals surface area contributed by atoms with Crippen molar-refractivity contribution in [3.05, 3.63) is 42.5 Å². The van der Waals surface area contributed by atoms with Gasteiger partial charge in [-0.25, -0.2) is 4.98 Å². The van der Waals surface area contributed by atoms with Crippen LogP contribution < -0.4 is 4.90 Å². The highest BCUT2D eigenvalue weighted by Gasteiger charge is 2.03. The van der Waals surface area contributed by atoms with E-state index >= 15 is 0 Å². The molecule has 14 heavy (non-hydrogen) atoms. The molecule has 0 radical (unpaired) electrons. The van der Waals surface area contributed by atoms with Gasteiger partial charge in [0.1, 0.15) is 0 Å². The first kappa shape index (κ1) is 8.74. The van der Waals surface area contributed by atoms with Crippen LogP contribution in [0.25, 0.3) is 0 Å². The molecule has 0 saturated heterocycles. The van der Waals surface area contributed by atoms with Crippen molar-refractivity contribution in [2.45, 2.75) is 6.54 Å². The van der Waals surface area contributed by atoms with Crippen LogP contribution in [0.1, 0.15) is 5.69 Å². The lowest BCUT2D eigenvalue weighted by atomic mass is 10.3. The summed E-state index contributed by atoms with van der Waals surface area (Å²) in [7, 11) is 1.98. The van der Waals surface area contributed by atoms with Crippen molar-refractivity contribution < 1.29 is 0 Å². The quantitative estimate of drug-likeness (QED) is 0.792. The van der Waals surface area contributed by atoms with Gasteiger partial charge in [-0.1, -0.05) is 6.07 Å². The Hall–Kier alpha value is -1.84. The number of rotatable bonds is 3. The number of aromatic amines is 1. The molecule has 0 saturated carbocycles. The first-order valence-corrected chi connectivity index (χ1v) is 4.46. The summed E-state index contributed by atoms with van der Waals surface area (Å²) in [5.41, 5.74) is 1.03. The van der Waals surface area contributed by atoms with Gasteiger partial charge in [-0.05, 0) is 12.1 Å². The molecule has 2 aromatic heterocycles. The van der Waals surface area contributed by atoms with E-state index in [1.807, 2.05) is 36.3 Å². The lowest BCUT2D eigenvalue weighted by Gasteiger charge is -2.14. The molecule has 0 aromatic carbocycles. The molecule has 0 amide bonds. The van der Waals surface area contributed by atoms with Gasteiger partial charge in [0, 0.05) is 25.6 Å². The maximum absolute atomic E-state index is 4.25. The predicted molar refractivity (Wildman–Crippen MR) is 54.9 cm³/mol. The van der Waals surface area contributed by atoms with Crippen molar-refractivity contribution in [2.75, 3.05) is 11.9 Å². The topological polar surface area (TPSA) is 44.8 Å². The average Bonchev–Trinajstić information content (AvgIpc) is 2.72. The highest BCUT2D eigenvalue weighted by Crippen LogP contribution is 2.06. The molecule has 0 atom stereocenters. The van der Waals surface area contributed by atoms with Crippen LogP contribution in [0, 0.1) is 0 Å². The first-order chi connectivity index (χ1) is 6.86. The van der Waals surface area contributed by atoms with Crippen LogP contribution in [0.5, 0.6) is 0 Å². The van der Waals surface area contributed by atoms with E-state index in [0.29, 0.717) is 0 Å². The zero-order valence-electron chi connectivity index (χ0n) is 8.01. The normalized spacial score (nSPS) is 10.1. The molecule has 0 spiro atoms. The SMILES string of the molecule is CN(Cc1ccccn1)c1ncc[nH]1. The molecule has 0 aliphatic rings. The summed E-state index contributed by atoms with van der Waals surface area (Å²) >= 11 is 0. The maximum Gasteiger partial charge on any atom is 0.202 e. The second-order valence-corrected chi connectivity index (χ2v) is 3.09. The number of pyridine rings is 1. The number of hydrogen-bond donors (Lipinski definition) is 1. The Balaban J connectivity index is 2.06. The van der Waals surface area contributed by atoms with Gasteiger partial charge in [0.05, 0.1) is 12.2 Å². The largest absolute Gasteiger partial charge is 0.340 e. The van der Waals surface area contributed by atoms with Crippen molar-refractivity contribution in [1.29, 1.82) is 0 Å². The number of nitrogens with zero attached hydrogens (tertiary/aromatic N) is 3. The average molecular weight is 188 g/mol. The smallest absolute Gasteiger partial charge is 0.202 e. The fourth-order valence-corrected chi connectivity index (χ4v) is 1.28. The van der Waals surface area contributed by atoms with E-state index in [1.165, 1.54) is 0 Å². The molecule has 1 N–H and O–H groups in total. The Morgan fingerprint density at radius 3 is 2.86 bits per heavy atom. The number of imidazole rings is 1. The van der Waals surface area contributed by atoms with Crippen molar-refractivity contribution in [1.82, 2.24) is 15.0 Å². The highest BCUT2D eigenvalue weighted by atomic mass is 15.2. The van der Waals surface area contributed by atoms with Gasteiger partial charge >= 0.3 is 0 Å². The van der Waals surface area contributed by atoms with Gasteiger partial charge in [0.15, 0.2) is 0 Å². The fraction of sp³-hybridized carbons (Fsp3) is 0.200. The highest BCUT2D eigenvalue weighted by molar-refractivity contribution is 5.28.